The van der Waals surface area contributed by atoms with E-state index in [0.29, 0.717) is 32.9 Å². The second-order valence-electron chi connectivity index (χ2n) is 7.45. The normalized spacial score (nSPS) is 13.3. The van der Waals surface area contributed by atoms with Crippen LogP contribution in [0.4, 0.5) is 11.1 Å². The molecule has 4 rings (SSSR count). The van der Waals surface area contributed by atoms with Crippen molar-refractivity contribution in [3.05, 3.63) is 46.9 Å². The van der Waals surface area contributed by atoms with Gasteiger partial charge in [0.1, 0.15) is 4.88 Å². The Kier molecular flexibility index (Phi) is 5.90. The molecule has 0 aromatic carbocycles. The number of amides is 2. The van der Waals surface area contributed by atoms with Crippen molar-refractivity contribution < 1.29 is 9.59 Å². The van der Waals surface area contributed by atoms with Crippen LogP contribution in [-0.2, 0) is 0 Å². The predicted molar refractivity (Wildman–Crippen MR) is 120 cm³/mol. The molecule has 1 fully saturated rings. The number of hydrogen-bond acceptors (Lipinski definition) is 8. The highest BCUT2D eigenvalue weighted by Crippen LogP contribution is 2.27. The molecule has 1 N–H and O–H groups in total. The van der Waals surface area contributed by atoms with Gasteiger partial charge >= 0.3 is 0 Å². The summed E-state index contributed by atoms with van der Waals surface area (Å²) in [7, 11) is 3.36. The van der Waals surface area contributed by atoms with Crippen molar-refractivity contribution in [2.75, 3.05) is 37.4 Å². The maximum Gasteiger partial charge on any atom is 0.265 e. The summed E-state index contributed by atoms with van der Waals surface area (Å²) in [5.41, 5.74) is 2.23. The molecule has 0 unspecified atom stereocenters. The summed E-state index contributed by atoms with van der Waals surface area (Å²) in [5, 5.41) is 3.16. The average molecular weight is 438 g/mol. The first-order chi connectivity index (χ1) is 14.9. The van der Waals surface area contributed by atoms with Crippen LogP contribution in [0.2, 0.25) is 0 Å². The van der Waals surface area contributed by atoms with Gasteiger partial charge in [0.25, 0.3) is 11.8 Å². The molecule has 2 amide bonds. The second kappa shape index (κ2) is 8.76. The van der Waals surface area contributed by atoms with Gasteiger partial charge in [-0.15, -0.1) is 0 Å². The first-order valence-corrected chi connectivity index (χ1v) is 10.8. The van der Waals surface area contributed by atoms with Crippen molar-refractivity contribution in [1.82, 2.24) is 24.8 Å². The van der Waals surface area contributed by atoms with Gasteiger partial charge in [-0.05, 0) is 31.9 Å². The summed E-state index contributed by atoms with van der Waals surface area (Å²) in [6, 6.07) is 3.63. The Hall–Kier alpha value is -3.40. The van der Waals surface area contributed by atoms with E-state index in [1.165, 1.54) is 4.90 Å². The minimum Gasteiger partial charge on any atom is -0.344 e. The van der Waals surface area contributed by atoms with E-state index < -0.39 is 0 Å². The summed E-state index contributed by atoms with van der Waals surface area (Å²) < 4.78 is 0. The van der Waals surface area contributed by atoms with E-state index in [1.807, 2.05) is 12.1 Å². The van der Waals surface area contributed by atoms with Gasteiger partial charge in [0.05, 0.1) is 17.0 Å². The maximum absolute atomic E-state index is 13.1. The highest BCUT2D eigenvalue weighted by Gasteiger charge is 2.23. The Labute approximate surface area is 184 Å². The van der Waals surface area contributed by atoms with Crippen LogP contribution in [0.15, 0.2) is 30.7 Å². The standard InChI is InChI=1S/C21H23N7O2S/c1-13-17(19(30)27(2)3)31-21(24-13)26-18(29)15-12-23-20(28-10-4-5-11-28)25-16(15)14-6-8-22-9-7-14/h6-9,12H,4-5,10-11H2,1-3H3,(H,24,26,29). The van der Waals surface area contributed by atoms with Crippen LogP contribution < -0.4 is 10.2 Å². The van der Waals surface area contributed by atoms with E-state index >= 15 is 0 Å². The molecular formula is C21H23N7O2S. The lowest BCUT2D eigenvalue weighted by Crippen LogP contribution is -2.22. The van der Waals surface area contributed by atoms with E-state index in [1.54, 1.807) is 39.6 Å². The van der Waals surface area contributed by atoms with Gasteiger partial charge in [0.15, 0.2) is 5.13 Å². The fraction of sp³-hybridized carbons (Fsp3) is 0.333. The van der Waals surface area contributed by atoms with Gasteiger partial charge in [-0.3, -0.25) is 19.9 Å². The number of nitrogens with zero attached hydrogens (tertiary/aromatic N) is 6. The predicted octanol–water partition coefficient (Wildman–Crippen LogP) is 2.86. The van der Waals surface area contributed by atoms with Gasteiger partial charge in [0, 0.05) is 51.3 Å². The molecule has 31 heavy (non-hydrogen) atoms. The molecule has 160 valence electrons. The number of aryl methyl sites for hydroxylation is 1. The topological polar surface area (TPSA) is 104 Å². The third-order valence-electron chi connectivity index (χ3n) is 4.98. The van der Waals surface area contributed by atoms with Crippen molar-refractivity contribution in [2.45, 2.75) is 19.8 Å². The third kappa shape index (κ3) is 4.38. The van der Waals surface area contributed by atoms with Crippen LogP contribution in [0.5, 0.6) is 0 Å². The molecule has 1 aliphatic rings. The quantitative estimate of drug-likeness (QED) is 0.654. The molecule has 10 heteroatoms. The second-order valence-corrected chi connectivity index (χ2v) is 8.45. The molecule has 0 bridgehead atoms. The molecule has 1 aliphatic heterocycles. The smallest absolute Gasteiger partial charge is 0.265 e. The number of rotatable bonds is 5. The molecule has 4 heterocycles. The monoisotopic (exact) mass is 437 g/mol. The zero-order chi connectivity index (χ0) is 22.0. The number of pyridine rings is 1. The minimum absolute atomic E-state index is 0.147. The van der Waals surface area contributed by atoms with Crippen LogP contribution >= 0.6 is 11.3 Å². The van der Waals surface area contributed by atoms with Crippen molar-refractivity contribution in [2.24, 2.45) is 0 Å². The Morgan fingerprint density at radius 2 is 1.84 bits per heavy atom. The number of aromatic nitrogens is 4. The lowest BCUT2D eigenvalue weighted by atomic mass is 10.1. The van der Waals surface area contributed by atoms with E-state index in [9.17, 15) is 9.59 Å². The van der Waals surface area contributed by atoms with E-state index in [4.69, 9.17) is 4.98 Å². The summed E-state index contributed by atoms with van der Waals surface area (Å²) in [6.07, 6.45) is 7.09. The SMILES string of the molecule is Cc1nc(NC(=O)c2cnc(N3CCCC3)nc2-c2ccncc2)sc1C(=O)N(C)C. The fourth-order valence-corrected chi connectivity index (χ4v) is 4.34. The van der Waals surface area contributed by atoms with Gasteiger partial charge < -0.3 is 9.80 Å². The Morgan fingerprint density at radius 3 is 2.52 bits per heavy atom. The van der Waals surface area contributed by atoms with Crippen molar-refractivity contribution in [3.8, 4) is 11.3 Å². The zero-order valence-electron chi connectivity index (χ0n) is 17.6. The van der Waals surface area contributed by atoms with Crippen LogP contribution in [0.3, 0.4) is 0 Å². The highest BCUT2D eigenvalue weighted by molar-refractivity contribution is 7.17. The number of carbonyl (C=O) groups is 2. The highest BCUT2D eigenvalue weighted by atomic mass is 32.1. The largest absolute Gasteiger partial charge is 0.344 e. The molecule has 0 spiro atoms. The zero-order valence-corrected chi connectivity index (χ0v) is 18.4. The summed E-state index contributed by atoms with van der Waals surface area (Å²) >= 11 is 1.15. The molecule has 3 aromatic heterocycles. The molecule has 0 aliphatic carbocycles. The molecule has 0 radical (unpaired) electrons. The molecule has 3 aromatic rings. The van der Waals surface area contributed by atoms with Gasteiger partial charge in [-0.1, -0.05) is 11.3 Å². The molecule has 1 saturated heterocycles. The molecule has 9 nitrogen and oxygen atoms in total. The Balaban J connectivity index is 1.66. The van der Waals surface area contributed by atoms with E-state index in [0.717, 1.165) is 42.8 Å². The van der Waals surface area contributed by atoms with Crippen molar-refractivity contribution >= 4 is 34.2 Å². The van der Waals surface area contributed by atoms with E-state index in [-0.39, 0.29) is 11.8 Å². The number of thiazole rings is 1. The molecule has 0 saturated carbocycles. The van der Waals surface area contributed by atoms with Crippen LogP contribution in [-0.4, -0.2) is 63.8 Å². The molecular weight excluding hydrogens is 414 g/mol. The first-order valence-electron chi connectivity index (χ1n) is 9.97. The minimum atomic E-state index is -0.377. The summed E-state index contributed by atoms with van der Waals surface area (Å²) in [5.74, 6) is 0.0912. The Morgan fingerprint density at radius 1 is 1.13 bits per heavy atom. The fourth-order valence-electron chi connectivity index (χ4n) is 3.35. The van der Waals surface area contributed by atoms with Crippen molar-refractivity contribution in [3.63, 3.8) is 0 Å². The van der Waals surface area contributed by atoms with E-state index in [2.05, 4.69) is 25.2 Å². The first kappa shape index (κ1) is 20.9. The Bertz CT molecular complexity index is 1110. The van der Waals surface area contributed by atoms with Gasteiger partial charge in [-0.25, -0.2) is 15.0 Å². The lowest BCUT2D eigenvalue weighted by molar-refractivity contribution is 0.0831. The van der Waals surface area contributed by atoms with Crippen molar-refractivity contribution in [1.29, 1.82) is 0 Å². The summed E-state index contributed by atoms with van der Waals surface area (Å²) in [4.78, 5) is 47.1. The van der Waals surface area contributed by atoms with Gasteiger partial charge in [0.2, 0.25) is 5.95 Å². The number of carbonyl (C=O) groups excluding carboxylic acids is 2. The number of hydrogen-bond donors (Lipinski definition) is 1. The summed E-state index contributed by atoms with van der Waals surface area (Å²) in [6.45, 7) is 3.56. The number of anilines is 2. The third-order valence-corrected chi connectivity index (χ3v) is 6.04. The van der Waals surface area contributed by atoms with Crippen LogP contribution in [0.25, 0.3) is 11.3 Å². The number of nitrogens with one attached hydrogen (secondary N) is 1. The van der Waals surface area contributed by atoms with Crippen LogP contribution in [0.1, 0.15) is 38.6 Å². The lowest BCUT2D eigenvalue weighted by Gasteiger charge is -2.17. The average Bonchev–Trinajstić information content (AvgIpc) is 3.43. The van der Waals surface area contributed by atoms with Gasteiger partial charge in [-0.2, -0.15) is 0 Å². The maximum atomic E-state index is 13.1. The molecule has 0 atom stereocenters. The van der Waals surface area contributed by atoms with Crippen LogP contribution in [0, 0.1) is 6.92 Å².